The van der Waals surface area contributed by atoms with E-state index in [0.717, 1.165) is 53.7 Å². The minimum atomic E-state index is -0.328. The van der Waals surface area contributed by atoms with Crippen molar-refractivity contribution in [2.45, 2.75) is 24.8 Å². The van der Waals surface area contributed by atoms with Crippen molar-refractivity contribution >= 4 is 21.9 Å². The number of halogens is 1. The van der Waals surface area contributed by atoms with Gasteiger partial charge in [-0.3, -0.25) is 4.90 Å². The number of fused-ring (bicyclic) bond motifs is 2. The smallest absolute Gasteiger partial charge is 0.170 e. The molecule has 2 aromatic carbocycles. The SMILES string of the molecule is C=CC(c1noc2cc(F)ccc12)N1CCC(c2noc3ccccc23)CC1. The summed E-state index contributed by atoms with van der Waals surface area (Å²) in [4.78, 5) is 2.34. The van der Waals surface area contributed by atoms with E-state index < -0.39 is 0 Å². The molecule has 1 unspecified atom stereocenters. The molecule has 0 radical (unpaired) electrons. The van der Waals surface area contributed by atoms with Crippen molar-refractivity contribution in [2.75, 3.05) is 13.1 Å². The largest absolute Gasteiger partial charge is 0.356 e. The van der Waals surface area contributed by atoms with Gasteiger partial charge in [0.15, 0.2) is 11.2 Å². The highest BCUT2D eigenvalue weighted by Gasteiger charge is 2.30. The molecule has 0 bridgehead atoms. The fraction of sp³-hybridized carbons (Fsp3) is 0.273. The quantitative estimate of drug-likeness (QED) is 0.457. The Labute approximate surface area is 161 Å². The lowest BCUT2D eigenvalue weighted by Crippen LogP contribution is -2.35. The van der Waals surface area contributed by atoms with Crippen LogP contribution in [0.5, 0.6) is 0 Å². The van der Waals surface area contributed by atoms with Crippen molar-refractivity contribution in [3.63, 3.8) is 0 Å². The molecule has 1 saturated heterocycles. The number of aromatic nitrogens is 2. The van der Waals surface area contributed by atoms with Crippen LogP contribution in [0.15, 0.2) is 64.2 Å². The maximum Gasteiger partial charge on any atom is 0.170 e. The Hall–Kier alpha value is -2.99. The number of likely N-dealkylation sites (tertiary alicyclic amines) is 1. The number of para-hydroxylation sites is 1. The molecule has 0 amide bonds. The molecule has 5 rings (SSSR count). The van der Waals surface area contributed by atoms with Gasteiger partial charge in [0.2, 0.25) is 0 Å². The van der Waals surface area contributed by atoms with Crippen molar-refractivity contribution in [1.82, 2.24) is 15.2 Å². The highest BCUT2D eigenvalue weighted by Crippen LogP contribution is 2.36. The van der Waals surface area contributed by atoms with Gasteiger partial charge < -0.3 is 9.05 Å². The van der Waals surface area contributed by atoms with E-state index in [2.05, 4.69) is 27.9 Å². The molecule has 0 spiro atoms. The van der Waals surface area contributed by atoms with E-state index in [1.165, 1.54) is 12.1 Å². The lowest BCUT2D eigenvalue weighted by atomic mass is 9.90. The van der Waals surface area contributed by atoms with Gasteiger partial charge in [0.05, 0.1) is 11.7 Å². The van der Waals surface area contributed by atoms with E-state index in [1.807, 2.05) is 24.3 Å². The van der Waals surface area contributed by atoms with Crippen molar-refractivity contribution in [3.05, 3.63) is 72.3 Å². The fourth-order valence-electron chi connectivity index (χ4n) is 4.23. The first-order valence-electron chi connectivity index (χ1n) is 9.50. The summed E-state index contributed by atoms with van der Waals surface area (Å²) in [5.41, 5.74) is 3.14. The summed E-state index contributed by atoms with van der Waals surface area (Å²) in [5.74, 6) is 0.0412. The van der Waals surface area contributed by atoms with E-state index in [4.69, 9.17) is 9.05 Å². The van der Waals surface area contributed by atoms with E-state index in [9.17, 15) is 4.39 Å². The Morgan fingerprint density at radius 2 is 1.82 bits per heavy atom. The second kappa shape index (κ2) is 6.87. The van der Waals surface area contributed by atoms with Crippen LogP contribution in [0.4, 0.5) is 4.39 Å². The zero-order valence-corrected chi connectivity index (χ0v) is 15.3. The van der Waals surface area contributed by atoms with Crippen LogP contribution < -0.4 is 0 Å². The highest BCUT2D eigenvalue weighted by atomic mass is 19.1. The molecule has 1 fully saturated rings. The van der Waals surface area contributed by atoms with E-state index in [0.29, 0.717) is 11.5 Å². The molecule has 2 aromatic heterocycles. The van der Waals surface area contributed by atoms with Gasteiger partial charge in [-0.1, -0.05) is 28.5 Å². The number of benzene rings is 2. The lowest BCUT2D eigenvalue weighted by Gasteiger charge is -2.35. The Morgan fingerprint density at radius 1 is 1.04 bits per heavy atom. The van der Waals surface area contributed by atoms with E-state index >= 15 is 0 Å². The van der Waals surface area contributed by atoms with E-state index in [1.54, 1.807) is 6.07 Å². The summed E-state index contributed by atoms with van der Waals surface area (Å²) in [6.07, 6.45) is 3.84. The Kier molecular flexibility index (Phi) is 4.20. The number of hydrogen-bond donors (Lipinski definition) is 0. The third kappa shape index (κ3) is 2.81. The number of piperidine rings is 1. The normalized spacial score (nSPS) is 17.3. The fourth-order valence-corrected chi connectivity index (χ4v) is 4.23. The van der Waals surface area contributed by atoms with Crippen molar-refractivity contribution in [2.24, 2.45) is 0 Å². The van der Waals surface area contributed by atoms with Crippen LogP contribution in [-0.4, -0.2) is 28.3 Å². The zero-order valence-electron chi connectivity index (χ0n) is 15.3. The van der Waals surface area contributed by atoms with Crippen molar-refractivity contribution < 1.29 is 13.4 Å². The standard InChI is InChI=1S/C22H20FN3O2/c1-2-18(22-17-8-7-15(23)13-20(17)28-25-22)26-11-9-14(10-12-26)21-16-5-3-4-6-19(16)27-24-21/h2-8,13-14,18H,1,9-12H2. The molecule has 142 valence electrons. The molecule has 3 heterocycles. The molecule has 1 aliphatic heterocycles. The summed E-state index contributed by atoms with van der Waals surface area (Å²) in [6.45, 7) is 5.78. The van der Waals surface area contributed by atoms with Gasteiger partial charge in [0.25, 0.3) is 0 Å². The second-order valence-corrected chi connectivity index (χ2v) is 7.26. The molecule has 0 aliphatic carbocycles. The summed E-state index contributed by atoms with van der Waals surface area (Å²) in [5, 5.41) is 10.5. The molecule has 1 aliphatic rings. The Bertz CT molecular complexity index is 1140. The second-order valence-electron chi connectivity index (χ2n) is 7.26. The first kappa shape index (κ1) is 17.1. The highest BCUT2D eigenvalue weighted by molar-refractivity contribution is 5.80. The molecule has 0 saturated carbocycles. The minimum absolute atomic E-state index is 0.0679. The zero-order chi connectivity index (χ0) is 19.1. The van der Waals surface area contributed by atoms with Crippen molar-refractivity contribution in [1.29, 1.82) is 0 Å². The molecule has 28 heavy (non-hydrogen) atoms. The maximum absolute atomic E-state index is 13.4. The van der Waals surface area contributed by atoms with Gasteiger partial charge in [-0.25, -0.2) is 4.39 Å². The predicted molar refractivity (Wildman–Crippen MR) is 104 cm³/mol. The van der Waals surface area contributed by atoms with Gasteiger partial charge in [0.1, 0.15) is 11.5 Å². The summed E-state index contributed by atoms with van der Waals surface area (Å²) >= 11 is 0. The Balaban J connectivity index is 1.37. The topological polar surface area (TPSA) is 55.3 Å². The molecular formula is C22H20FN3O2. The summed E-state index contributed by atoms with van der Waals surface area (Å²) in [7, 11) is 0. The number of hydrogen-bond acceptors (Lipinski definition) is 5. The molecular weight excluding hydrogens is 357 g/mol. The van der Waals surface area contributed by atoms with Gasteiger partial charge >= 0.3 is 0 Å². The van der Waals surface area contributed by atoms with Crippen molar-refractivity contribution in [3.8, 4) is 0 Å². The molecule has 5 nitrogen and oxygen atoms in total. The van der Waals surface area contributed by atoms with Gasteiger partial charge in [-0.05, 0) is 50.2 Å². The minimum Gasteiger partial charge on any atom is -0.356 e. The average Bonchev–Trinajstić information content (AvgIpc) is 3.33. The third-order valence-electron chi connectivity index (χ3n) is 5.68. The van der Waals surface area contributed by atoms with Crippen LogP contribution in [0.3, 0.4) is 0 Å². The molecule has 1 atom stereocenters. The van der Waals surface area contributed by atoms with Crippen LogP contribution in [0, 0.1) is 5.82 Å². The van der Waals surface area contributed by atoms with Gasteiger partial charge in [0, 0.05) is 22.8 Å². The first-order valence-corrected chi connectivity index (χ1v) is 9.50. The van der Waals surface area contributed by atoms with Crippen LogP contribution in [-0.2, 0) is 0 Å². The lowest BCUT2D eigenvalue weighted by molar-refractivity contribution is 0.171. The predicted octanol–water partition coefficient (Wildman–Crippen LogP) is 5.21. The van der Waals surface area contributed by atoms with E-state index in [-0.39, 0.29) is 11.9 Å². The summed E-state index contributed by atoms with van der Waals surface area (Å²) in [6, 6.07) is 12.5. The monoisotopic (exact) mass is 377 g/mol. The average molecular weight is 377 g/mol. The van der Waals surface area contributed by atoms with Gasteiger partial charge in [-0.15, -0.1) is 6.58 Å². The van der Waals surface area contributed by atoms with Gasteiger partial charge in [-0.2, -0.15) is 0 Å². The van der Waals surface area contributed by atoms with Crippen LogP contribution in [0.2, 0.25) is 0 Å². The molecule has 4 aromatic rings. The molecule has 0 N–H and O–H groups in total. The van der Waals surface area contributed by atoms with Crippen LogP contribution in [0.25, 0.3) is 21.9 Å². The third-order valence-corrected chi connectivity index (χ3v) is 5.68. The number of nitrogens with zero attached hydrogens (tertiary/aromatic N) is 3. The first-order chi connectivity index (χ1) is 13.7. The summed E-state index contributed by atoms with van der Waals surface area (Å²) < 4.78 is 24.3. The Morgan fingerprint density at radius 3 is 2.64 bits per heavy atom. The van der Waals surface area contributed by atoms with Crippen LogP contribution in [0.1, 0.15) is 36.2 Å². The maximum atomic E-state index is 13.4. The molecule has 6 heteroatoms. The number of rotatable bonds is 4. The van der Waals surface area contributed by atoms with Crippen LogP contribution >= 0.6 is 0 Å².